The van der Waals surface area contributed by atoms with Gasteiger partial charge in [-0.2, -0.15) is 18.2 Å². The van der Waals surface area contributed by atoms with E-state index in [1.165, 1.54) is 18.2 Å². The smallest absolute Gasteiger partial charge is 0.417 e. The number of carbonyl (C=O) groups excluding carboxylic acids is 4. The molecule has 6 atom stereocenters. The predicted molar refractivity (Wildman–Crippen MR) is 182 cm³/mol. The number of phenolic OH excluding ortho intramolecular Hbond substituents is 1. The minimum absolute atomic E-state index is 0.0620. The minimum Gasteiger partial charge on any atom is -0.508 e. The minimum atomic E-state index is -4.77. The summed E-state index contributed by atoms with van der Waals surface area (Å²) in [6, 6.07) is 11.4. The van der Waals surface area contributed by atoms with E-state index >= 15 is 4.79 Å². The van der Waals surface area contributed by atoms with Crippen LogP contribution in [-0.4, -0.2) is 61.2 Å². The van der Waals surface area contributed by atoms with E-state index in [-0.39, 0.29) is 30.7 Å². The fourth-order valence-electron chi connectivity index (χ4n) is 8.38. The Morgan fingerprint density at radius 2 is 1.73 bits per heavy atom. The summed E-state index contributed by atoms with van der Waals surface area (Å²) in [5.74, 6) is -9.73. The molecule has 2 aromatic carbocycles. The Hall–Kier alpha value is -4.47. The lowest BCUT2D eigenvalue weighted by Gasteiger charge is -2.50. The lowest BCUT2D eigenvalue weighted by atomic mass is 9.49. The number of rotatable bonds is 7. The normalized spacial score (nSPS) is 27.0. The number of carboxylic acid groups (broad SMARTS) is 1. The third-order valence-corrected chi connectivity index (χ3v) is 11.5. The van der Waals surface area contributed by atoms with Crippen LogP contribution < -0.4 is 5.43 Å². The SMILES string of the molecule is O=C(O)CCN1C(=O)C2CC=C3C(CC4C(=O)N(Nc5ncc(C(F)(F)F)cc5Cl)C(=O)C4(c4ccc(Cl)cc4)C3c3cc(Br)ccc3O)C2C1=O. The molecule has 6 unspecified atom stereocenters. The van der Waals surface area contributed by atoms with E-state index in [0.29, 0.717) is 37.9 Å². The third kappa shape index (κ3) is 5.55. The van der Waals surface area contributed by atoms with Gasteiger partial charge in [0.2, 0.25) is 11.8 Å². The lowest BCUT2D eigenvalue weighted by Crippen LogP contribution is -2.53. The number of hydrogen-bond donors (Lipinski definition) is 3. The first-order valence-corrected chi connectivity index (χ1v) is 17.5. The molecule has 0 radical (unpaired) electrons. The number of phenols is 1. The molecule has 0 bridgehead atoms. The number of alkyl halides is 3. The number of pyridine rings is 1. The van der Waals surface area contributed by atoms with Gasteiger partial charge in [0.15, 0.2) is 5.82 Å². The number of carboxylic acids is 1. The van der Waals surface area contributed by atoms with Crippen molar-refractivity contribution in [1.82, 2.24) is 14.9 Å². The van der Waals surface area contributed by atoms with E-state index in [1.807, 2.05) is 0 Å². The summed E-state index contributed by atoms with van der Waals surface area (Å²) in [7, 11) is 0. The van der Waals surface area contributed by atoms with Crippen molar-refractivity contribution in [3.8, 4) is 5.75 Å². The summed E-state index contributed by atoms with van der Waals surface area (Å²) in [5, 5.41) is 21.1. The second kappa shape index (κ2) is 12.9. The van der Waals surface area contributed by atoms with Crippen LogP contribution in [-0.2, 0) is 35.6 Å². The summed E-state index contributed by atoms with van der Waals surface area (Å²) in [6.45, 7) is -0.341. The molecule has 0 spiro atoms. The van der Waals surface area contributed by atoms with Crippen LogP contribution in [0.5, 0.6) is 5.75 Å². The number of nitrogens with one attached hydrogen (secondary N) is 1. The summed E-state index contributed by atoms with van der Waals surface area (Å²) in [5.41, 5.74) is 0.602. The number of imide groups is 2. The Bertz CT molecular complexity index is 2100. The number of aromatic nitrogens is 1. The van der Waals surface area contributed by atoms with Crippen molar-refractivity contribution in [3.63, 3.8) is 0 Å². The molecule has 4 aliphatic rings. The van der Waals surface area contributed by atoms with Gasteiger partial charge < -0.3 is 10.2 Å². The van der Waals surface area contributed by atoms with Crippen LogP contribution in [0.1, 0.15) is 41.9 Å². The van der Waals surface area contributed by atoms with Crippen LogP contribution in [0.15, 0.2) is 70.8 Å². The second-order valence-electron chi connectivity index (χ2n) is 13.1. The van der Waals surface area contributed by atoms with Gasteiger partial charge in [-0.25, -0.2) is 4.98 Å². The van der Waals surface area contributed by atoms with Gasteiger partial charge in [-0.1, -0.05) is 62.9 Å². The average molecular weight is 822 g/mol. The molecule has 3 aromatic rings. The van der Waals surface area contributed by atoms with E-state index in [4.69, 9.17) is 23.2 Å². The number of hydrogen-bond acceptors (Lipinski definition) is 8. The highest BCUT2D eigenvalue weighted by Gasteiger charge is 2.70. The number of amides is 4. The fraction of sp³-hybridized carbons (Fsp3) is 0.314. The van der Waals surface area contributed by atoms with Gasteiger partial charge in [0, 0.05) is 33.7 Å². The highest BCUT2D eigenvalue weighted by Crippen LogP contribution is 2.65. The van der Waals surface area contributed by atoms with Crippen LogP contribution in [0.4, 0.5) is 19.0 Å². The van der Waals surface area contributed by atoms with Crippen LogP contribution in [0.3, 0.4) is 0 Å². The molecular weight excluding hydrogens is 796 g/mol. The number of fused-ring (bicyclic) bond motifs is 4. The van der Waals surface area contributed by atoms with Crippen molar-refractivity contribution in [3.05, 3.63) is 97.6 Å². The monoisotopic (exact) mass is 820 g/mol. The fourth-order valence-corrected chi connectivity index (χ4v) is 9.09. The lowest BCUT2D eigenvalue weighted by molar-refractivity contribution is -0.143. The summed E-state index contributed by atoms with van der Waals surface area (Å²) < 4.78 is 40.7. The van der Waals surface area contributed by atoms with E-state index in [2.05, 4.69) is 26.3 Å². The Balaban J connectivity index is 1.42. The zero-order chi connectivity index (χ0) is 37.4. The van der Waals surface area contributed by atoms with Gasteiger partial charge in [0.1, 0.15) is 5.75 Å². The van der Waals surface area contributed by atoms with E-state index in [0.717, 1.165) is 4.90 Å². The molecule has 2 aliphatic carbocycles. The number of allylic oxidation sites excluding steroid dienone is 2. The van der Waals surface area contributed by atoms with E-state index < -0.39 is 93.6 Å². The molecule has 17 heteroatoms. The molecule has 2 saturated heterocycles. The van der Waals surface area contributed by atoms with Crippen LogP contribution in [0.2, 0.25) is 10.0 Å². The molecule has 11 nitrogen and oxygen atoms in total. The number of carbonyl (C=O) groups is 5. The standard InChI is InChI=1S/C35H26BrCl2F3N4O7/c36-17-3-8-25(46)22(12-17)28-19-6-7-20-27(32(51)44(30(20)49)10-9-26(47)48)21(19)13-23-31(50)45(33(52)34(23,28)15-1-4-18(37)5-2-15)43-29-24(38)11-16(14-42-29)35(39,40)41/h1-6,8,11-12,14,20-21,23,27-28,46H,7,9-10,13H2,(H,42,43)(H,47,48). The number of aliphatic carboxylic acids is 1. The number of hydrazine groups is 1. The molecule has 2 aliphatic heterocycles. The van der Waals surface area contributed by atoms with Crippen LogP contribution in [0.25, 0.3) is 0 Å². The maximum absolute atomic E-state index is 15.2. The van der Waals surface area contributed by atoms with Crippen molar-refractivity contribution in [2.75, 3.05) is 12.0 Å². The highest BCUT2D eigenvalue weighted by molar-refractivity contribution is 9.10. The maximum atomic E-state index is 15.2. The zero-order valence-electron chi connectivity index (χ0n) is 26.5. The van der Waals surface area contributed by atoms with E-state index in [9.17, 15) is 42.6 Å². The summed E-state index contributed by atoms with van der Waals surface area (Å²) in [6.07, 6.45) is -3.06. The number of halogens is 6. The maximum Gasteiger partial charge on any atom is 0.417 e. The van der Waals surface area contributed by atoms with Crippen molar-refractivity contribution < 1.29 is 47.4 Å². The molecule has 3 fully saturated rings. The number of anilines is 1. The Morgan fingerprint density at radius 1 is 1.02 bits per heavy atom. The average Bonchev–Trinajstić information content (AvgIpc) is 3.46. The first kappa shape index (κ1) is 35.9. The molecule has 1 saturated carbocycles. The number of nitrogens with zero attached hydrogens (tertiary/aromatic N) is 3. The van der Waals surface area contributed by atoms with Crippen molar-refractivity contribution in [1.29, 1.82) is 0 Å². The molecule has 4 amide bonds. The first-order chi connectivity index (χ1) is 24.5. The van der Waals surface area contributed by atoms with Crippen molar-refractivity contribution in [2.45, 2.75) is 36.8 Å². The highest BCUT2D eigenvalue weighted by atomic mass is 79.9. The Morgan fingerprint density at radius 3 is 2.38 bits per heavy atom. The molecule has 52 heavy (non-hydrogen) atoms. The Labute approximate surface area is 311 Å². The summed E-state index contributed by atoms with van der Waals surface area (Å²) in [4.78, 5) is 73.4. The van der Waals surface area contributed by atoms with Gasteiger partial charge in [0.05, 0.1) is 40.2 Å². The molecule has 270 valence electrons. The second-order valence-corrected chi connectivity index (χ2v) is 14.9. The molecule has 3 heterocycles. The topological polar surface area (TPSA) is 157 Å². The largest absolute Gasteiger partial charge is 0.508 e. The van der Waals surface area contributed by atoms with Gasteiger partial charge in [-0.15, -0.1) is 0 Å². The summed E-state index contributed by atoms with van der Waals surface area (Å²) >= 11 is 15.9. The van der Waals surface area contributed by atoms with E-state index in [1.54, 1.807) is 30.3 Å². The number of benzene rings is 2. The molecule has 7 rings (SSSR count). The van der Waals surface area contributed by atoms with Crippen LogP contribution in [0, 0.1) is 23.7 Å². The quantitative estimate of drug-likeness (QED) is 0.183. The van der Waals surface area contributed by atoms with Crippen molar-refractivity contribution in [2.24, 2.45) is 23.7 Å². The van der Waals surface area contributed by atoms with Crippen LogP contribution >= 0.6 is 39.1 Å². The first-order valence-electron chi connectivity index (χ1n) is 15.9. The van der Waals surface area contributed by atoms with Gasteiger partial charge in [-0.05, 0) is 60.7 Å². The molecular formula is C35H26BrCl2F3N4O7. The third-order valence-electron chi connectivity index (χ3n) is 10.5. The number of likely N-dealkylation sites (tertiary alicyclic amines) is 1. The molecule has 3 N–H and O–H groups in total. The van der Waals surface area contributed by atoms with Gasteiger partial charge in [-0.3, -0.25) is 34.3 Å². The number of aromatic hydroxyl groups is 1. The Kier molecular flexibility index (Phi) is 8.90. The van der Waals surface area contributed by atoms with Crippen molar-refractivity contribution >= 4 is 74.5 Å². The van der Waals surface area contributed by atoms with Gasteiger partial charge in [0.25, 0.3) is 11.8 Å². The molecule has 1 aromatic heterocycles. The zero-order valence-corrected chi connectivity index (χ0v) is 29.6. The predicted octanol–water partition coefficient (Wildman–Crippen LogP) is 6.33. The van der Waals surface area contributed by atoms with Gasteiger partial charge >= 0.3 is 12.1 Å².